The molecule has 0 aliphatic carbocycles. The molecule has 0 aromatic heterocycles. The first-order valence-electron chi connectivity index (χ1n) is 11.8. The number of benzene rings is 2. The minimum atomic E-state index is -4.23. The molecule has 0 saturated heterocycles. The molecule has 0 fully saturated rings. The third-order valence-electron chi connectivity index (χ3n) is 6.55. The fourth-order valence-electron chi connectivity index (χ4n) is 4.18. The zero-order valence-electron chi connectivity index (χ0n) is 20.5. The molecular weight excluding hydrogens is 471 g/mol. The SMILES string of the molecule is CCN(CC)CC/C=C\c1cc(F)ccc1S(=O)(=O)Nc1ccc2c(c1C(=O)O)OCC(C)C2C. The lowest BCUT2D eigenvalue weighted by Gasteiger charge is -2.30. The molecular formula is C26H33FN2O5S. The van der Waals surface area contributed by atoms with Crippen LogP contribution in [0.1, 0.15) is 61.5 Å². The highest BCUT2D eigenvalue weighted by Crippen LogP contribution is 2.42. The minimum absolute atomic E-state index is 0.0627. The molecule has 9 heteroatoms. The predicted octanol–water partition coefficient (Wildman–Crippen LogP) is 5.20. The van der Waals surface area contributed by atoms with E-state index in [-0.39, 0.29) is 39.3 Å². The molecule has 190 valence electrons. The van der Waals surface area contributed by atoms with E-state index in [1.54, 1.807) is 12.1 Å². The van der Waals surface area contributed by atoms with E-state index >= 15 is 0 Å². The molecule has 1 aliphatic heterocycles. The summed E-state index contributed by atoms with van der Waals surface area (Å²) in [7, 11) is -4.23. The summed E-state index contributed by atoms with van der Waals surface area (Å²) in [4.78, 5) is 14.2. The summed E-state index contributed by atoms with van der Waals surface area (Å²) in [5, 5.41) is 9.88. The lowest BCUT2D eigenvalue weighted by Crippen LogP contribution is -2.25. The molecule has 0 spiro atoms. The van der Waals surface area contributed by atoms with Crippen molar-refractivity contribution in [2.24, 2.45) is 5.92 Å². The first-order chi connectivity index (χ1) is 16.6. The summed E-state index contributed by atoms with van der Waals surface area (Å²) in [5.41, 5.74) is 0.579. The highest BCUT2D eigenvalue weighted by molar-refractivity contribution is 7.92. The number of hydrogen-bond donors (Lipinski definition) is 2. The van der Waals surface area contributed by atoms with E-state index in [0.29, 0.717) is 13.0 Å². The van der Waals surface area contributed by atoms with Crippen LogP contribution >= 0.6 is 0 Å². The van der Waals surface area contributed by atoms with Gasteiger partial charge in [-0.15, -0.1) is 0 Å². The lowest BCUT2D eigenvalue weighted by molar-refractivity contribution is 0.0690. The number of rotatable bonds is 10. The fraction of sp³-hybridized carbons (Fsp3) is 0.423. The number of sulfonamides is 1. The third kappa shape index (κ3) is 6.02. The lowest BCUT2D eigenvalue weighted by atomic mass is 9.85. The molecule has 35 heavy (non-hydrogen) atoms. The summed E-state index contributed by atoms with van der Waals surface area (Å²) >= 11 is 0. The number of nitrogens with zero attached hydrogens (tertiary/aromatic N) is 1. The van der Waals surface area contributed by atoms with Crippen molar-refractivity contribution < 1.29 is 27.4 Å². The van der Waals surface area contributed by atoms with Gasteiger partial charge in [-0.2, -0.15) is 0 Å². The maximum Gasteiger partial charge on any atom is 0.341 e. The quantitative estimate of drug-likeness (QED) is 0.462. The van der Waals surface area contributed by atoms with Gasteiger partial charge in [0, 0.05) is 6.54 Å². The van der Waals surface area contributed by atoms with Gasteiger partial charge in [0.05, 0.1) is 17.2 Å². The van der Waals surface area contributed by atoms with Gasteiger partial charge in [0.25, 0.3) is 10.0 Å². The van der Waals surface area contributed by atoms with E-state index in [2.05, 4.69) is 23.5 Å². The molecule has 1 heterocycles. The molecule has 7 nitrogen and oxygen atoms in total. The van der Waals surface area contributed by atoms with Crippen LogP contribution in [-0.4, -0.2) is 50.6 Å². The van der Waals surface area contributed by atoms with Crippen LogP contribution in [0.3, 0.4) is 0 Å². The van der Waals surface area contributed by atoms with Gasteiger partial charge in [-0.3, -0.25) is 4.72 Å². The van der Waals surface area contributed by atoms with E-state index < -0.39 is 21.8 Å². The normalized spacial score (nSPS) is 17.9. The molecule has 0 saturated carbocycles. The molecule has 2 unspecified atom stereocenters. The van der Waals surface area contributed by atoms with Gasteiger partial charge >= 0.3 is 5.97 Å². The van der Waals surface area contributed by atoms with E-state index in [9.17, 15) is 22.7 Å². The number of hydrogen-bond acceptors (Lipinski definition) is 5. The topological polar surface area (TPSA) is 95.9 Å². The van der Waals surface area contributed by atoms with E-state index in [1.807, 2.05) is 19.9 Å². The van der Waals surface area contributed by atoms with Crippen molar-refractivity contribution in [2.75, 3.05) is 31.0 Å². The second kappa shape index (κ2) is 11.2. The first kappa shape index (κ1) is 26.7. The minimum Gasteiger partial charge on any atom is -0.492 e. The Morgan fingerprint density at radius 2 is 1.94 bits per heavy atom. The maximum atomic E-state index is 14.0. The molecule has 3 rings (SSSR count). The standard InChI is InChI=1S/C26H33FN2O5S/c1-5-29(6-2)14-8-7-9-19-15-20(27)10-13-23(19)35(32,33)28-22-12-11-21-18(4)17(3)16-34-25(21)24(22)26(30)31/h7,9-13,15,17-18,28H,5-6,8,14,16H2,1-4H3,(H,30,31)/b9-7-. The van der Waals surface area contributed by atoms with Crippen molar-refractivity contribution >= 4 is 27.8 Å². The van der Waals surface area contributed by atoms with Crippen LogP contribution in [0.5, 0.6) is 5.75 Å². The van der Waals surface area contributed by atoms with Gasteiger partial charge in [-0.25, -0.2) is 17.6 Å². The van der Waals surface area contributed by atoms with Crippen molar-refractivity contribution in [3.8, 4) is 5.75 Å². The zero-order valence-corrected chi connectivity index (χ0v) is 21.4. The fourth-order valence-corrected chi connectivity index (χ4v) is 5.43. The highest BCUT2D eigenvalue weighted by Gasteiger charge is 2.31. The Morgan fingerprint density at radius 3 is 2.60 bits per heavy atom. The summed E-state index contributed by atoms with van der Waals surface area (Å²) in [6.45, 7) is 11.1. The maximum absolute atomic E-state index is 14.0. The van der Waals surface area contributed by atoms with Gasteiger partial charge in [0.1, 0.15) is 17.1 Å². The molecule has 0 bridgehead atoms. The molecule has 0 radical (unpaired) electrons. The molecule has 2 N–H and O–H groups in total. The van der Waals surface area contributed by atoms with Crippen LogP contribution < -0.4 is 9.46 Å². The van der Waals surface area contributed by atoms with Crippen LogP contribution in [0.15, 0.2) is 41.3 Å². The number of carboxylic acid groups (broad SMARTS) is 1. The summed E-state index contributed by atoms with van der Waals surface area (Å²) < 4.78 is 48.7. The Morgan fingerprint density at radius 1 is 1.23 bits per heavy atom. The van der Waals surface area contributed by atoms with Crippen LogP contribution in [0.4, 0.5) is 10.1 Å². The van der Waals surface area contributed by atoms with Gasteiger partial charge in [0.15, 0.2) is 0 Å². The van der Waals surface area contributed by atoms with Gasteiger partial charge < -0.3 is 14.7 Å². The van der Waals surface area contributed by atoms with Gasteiger partial charge in [-0.1, -0.05) is 45.9 Å². The summed E-state index contributed by atoms with van der Waals surface area (Å²) in [5.74, 6) is -1.42. The Labute approximate surface area is 206 Å². The predicted molar refractivity (Wildman–Crippen MR) is 135 cm³/mol. The van der Waals surface area contributed by atoms with Crippen molar-refractivity contribution in [1.29, 1.82) is 0 Å². The average molecular weight is 505 g/mol. The summed E-state index contributed by atoms with van der Waals surface area (Å²) in [6, 6.07) is 6.54. The number of anilines is 1. The number of nitrogens with one attached hydrogen (secondary N) is 1. The third-order valence-corrected chi connectivity index (χ3v) is 7.99. The monoisotopic (exact) mass is 504 g/mol. The van der Waals surface area contributed by atoms with Crippen molar-refractivity contribution in [3.05, 3.63) is 58.9 Å². The average Bonchev–Trinajstić information content (AvgIpc) is 2.81. The Bertz CT molecular complexity index is 1210. The summed E-state index contributed by atoms with van der Waals surface area (Å²) in [6.07, 6.45) is 4.06. The number of carbonyl (C=O) groups is 1. The number of carboxylic acids is 1. The number of aromatic carboxylic acids is 1. The van der Waals surface area contributed by atoms with Crippen LogP contribution in [0, 0.1) is 11.7 Å². The van der Waals surface area contributed by atoms with Crippen molar-refractivity contribution in [1.82, 2.24) is 4.90 Å². The van der Waals surface area contributed by atoms with Crippen molar-refractivity contribution in [3.63, 3.8) is 0 Å². The number of fused-ring (bicyclic) bond motifs is 1. The molecule has 1 aliphatic rings. The molecule has 2 aromatic rings. The Balaban J connectivity index is 1.95. The van der Waals surface area contributed by atoms with Crippen molar-refractivity contribution in [2.45, 2.75) is 44.9 Å². The smallest absolute Gasteiger partial charge is 0.341 e. The highest BCUT2D eigenvalue weighted by atomic mass is 32.2. The van der Waals surface area contributed by atoms with Gasteiger partial charge in [-0.05, 0) is 66.7 Å². The second-order valence-electron chi connectivity index (χ2n) is 8.79. The number of ether oxygens (including phenoxy) is 1. The van der Waals surface area contributed by atoms with E-state index in [1.165, 1.54) is 12.1 Å². The molecule has 2 aromatic carbocycles. The second-order valence-corrected chi connectivity index (χ2v) is 10.4. The van der Waals surface area contributed by atoms with Gasteiger partial charge in [0.2, 0.25) is 0 Å². The van der Waals surface area contributed by atoms with E-state index in [4.69, 9.17) is 4.74 Å². The largest absolute Gasteiger partial charge is 0.492 e. The zero-order chi connectivity index (χ0) is 25.8. The van der Waals surface area contributed by atoms with E-state index in [0.717, 1.165) is 37.3 Å². The molecule has 2 atom stereocenters. The van der Waals surface area contributed by atoms with Crippen LogP contribution in [-0.2, 0) is 10.0 Å². The Hall–Kier alpha value is -2.91. The van der Waals surface area contributed by atoms with Crippen LogP contribution in [0.2, 0.25) is 0 Å². The van der Waals surface area contributed by atoms with Crippen LogP contribution in [0.25, 0.3) is 6.08 Å². The first-order valence-corrected chi connectivity index (χ1v) is 13.3. The Kier molecular flexibility index (Phi) is 8.56. The molecule has 0 amide bonds. The number of halogens is 1.